The molecule has 0 spiro atoms. The van der Waals surface area contributed by atoms with Gasteiger partial charge in [0.1, 0.15) is 0 Å². The van der Waals surface area contributed by atoms with Crippen LogP contribution >= 0.6 is 0 Å². The SMILES string of the molecule is CNC1CCc2c1cnn2-c1cccc(C)c1. The largest absolute Gasteiger partial charge is 0.313 e. The summed E-state index contributed by atoms with van der Waals surface area (Å²) in [6, 6.07) is 8.98. The van der Waals surface area contributed by atoms with Crippen molar-refractivity contribution in [3.05, 3.63) is 47.3 Å². The Balaban J connectivity index is 2.06. The molecule has 88 valence electrons. The van der Waals surface area contributed by atoms with E-state index in [9.17, 15) is 0 Å². The van der Waals surface area contributed by atoms with E-state index < -0.39 is 0 Å². The van der Waals surface area contributed by atoms with E-state index in [-0.39, 0.29) is 0 Å². The summed E-state index contributed by atoms with van der Waals surface area (Å²) in [6.07, 6.45) is 4.29. The molecule has 1 aromatic heterocycles. The molecule has 0 radical (unpaired) electrons. The Morgan fingerprint density at radius 3 is 3.06 bits per heavy atom. The van der Waals surface area contributed by atoms with Crippen LogP contribution in [0.25, 0.3) is 5.69 Å². The van der Waals surface area contributed by atoms with Gasteiger partial charge < -0.3 is 5.32 Å². The molecule has 1 aromatic carbocycles. The highest BCUT2D eigenvalue weighted by Gasteiger charge is 2.25. The van der Waals surface area contributed by atoms with Gasteiger partial charge >= 0.3 is 0 Å². The Morgan fingerprint density at radius 2 is 2.29 bits per heavy atom. The van der Waals surface area contributed by atoms with Crippen molar-refractivity contribution in [2.45, 2.75) is 25.8 Å². The molecule has 0 saturated heterocycles. The molecule has 1 N–H and O–H groups in total. The fraction of sp³-hybridized carbons (Fsp3) is 0.357. The van der Waals surface area contributed by atoms with Crippen LogP contribution in [0.5, 0.6) is 0 Å². The molecule has 2 aromatic rings. The minimum absolute atomic E-state index is 0.476. The van der Waals surface area contributed by atoms with Gasteiger partial charge in [-0.25, -0.2) is 4.68 Å². The first-order chi connectivity index (χ1) is 8.29. The maximum absolute atomic E-state index is 4.52. The lowest BCUT2D eigenvalue weighted by Crippen LogP contribution is -2.12. The first kappa shape index (κ1) is 10.5. The fourth-order valence-electron chi connectivity index (χ4n) is 2.65. The number of aryl methyl sites for hydroxylation is 1. The molecule has 1 aliphatic rings. The van der Waals surface area contributed by atoms with Crippen LogP contribution in [0.3, 0.4) is 0 Å². The minimum Gasteiger partial charge on any atom is -0.313 e. The minimum atomic E-state index is 0.476. The van der Waals surface area contributed by atoms with Gasteiger partial charge in [-0.05, 0) is 44.5 Å². The summed E-state index contributed by atoms with van der Waals surface area (Å²) in [5, 5.41) is 7.87. The molecule has 0 aliphatic heterocycles. The Bertz CT molecular complexity index is 542. The summed E-state index contributed by atoms with van der Waals surface area (Å²) in [6.45, 7) is 2.11. The number of aromatic nitrogens is 2. The smallest absolute Gasteiger partial charge is 0.0651 e. The van der Waals surface area contributed by atoms with Gasteiger partial charge in [-0.15, -0.1) is 0 Å². The molecule has 0 fully saturated rings. The number of benzene rings is 1. The summed E-state index contributed by atoms with van der Waals surface area (Å²) in [7, 11) is 2.02. The van der Waals surface area contributed by atoms with Gasteiger partial charge in [0.2, 0.25) is 0 Å². The number of nitrogens with zero attached hydrogens (tertiary/aromatic N) is 2. The van der Waals surface area contributed by atoms with Crippen LogP contribution in [-0.4, -0.2) is 16.8 Å². The van der Waals surface area contributed by atoms with E-state index in [1.54, 1.807) is 0 Å². The fourth-order valence-corrected chi connectivity index (χ4v) is 2.65. The summed E-state index contributed by atoms with van der Waals surface area (Å²) in [5.74, 6) is 0. The molecule has 1 heterocycles. The topological polar surface area (TPSA) is 29.9 Å². The zero-order valence-corrected chi connectivity index (χ0v) is 10.3. The predicted octanol–water partition coefficient (Wildman–Crippen LogP) is 2.39. The van der Waals surface area contributed by atoms with Gasteiger partial charge in [0.15, 0.2) is 0 Å². The molecule has 0 bridgehead atoms. The van der Waals surface area contributed by atoms with Crippen LogP contribution in [0.1, 0.15) is 29.3 Å². The summed E-state index contributed by atoms with van der Waals surface area (Å²) in [4.78, 5) is 0. The molecule has 3 rings (SSSR count). The predicted molar refractivity (Wildman–Crippen MR) is 68.4 cm³/mol. The molecule has 1 aliphatic carbocycles. The van der Waals surface area contributed by atoms with E-state index in [1.807, 2.05) is 13.2 Å². The highest BCUT2D eigenvalue weighted by molar-refractivity contribution is 5.40. The maximum atomic E-state index is 4.52. The Labute approximate surface area is 101 Å². The average Bonchev–Trinajstić information content (AvgIpc) is 2.89. The third-order valence-electron chi connectivity index (χ3n) is 3.54. The molecule has 0 amide bonds. The lowest BCUT2D eigenvalue weighted by Gasteiger charge is -2.06. The molecule has 3 heteroatoms. The molecular weight excluding hydrogens is 210 g/mol. The first-order valence-electron chi connectivity index (χ1n) is 6.10. The van der Waals surface area contributed by atoms with Crippen molar-refractivity contribution >= 4 is 0 Å². The van der Waals surface area contributed by atoms with E-state index in [1.165, 1.54) is 28.9 Å². The van der Waals surface area contributed by atoms with Crippen LogP contribution in [-0.2, 0) is 6.42 Å². The third-order valence-corrected chi connectivity index (χ3v) is 3.54. The van der Waals surface area contributed by atoms with Crippen molar-refractivity contribution in [2.75, 3.05) is 7.05 Å². The van der Waals surface area contributed by atoms with Crippen molar-refractivity contribution < 1.29 is 0 Å². The van der Waals surface area contributed by atoms with Gasteiger partial charge in [-0.3, -0.25) is 0 Å². The van der Waals surface area contributed by atoms with Crippen LogP contribution in [0.2, 0.25) is 0 Å². The lowest BCUT2D eigenvalue weighted by molar-refractivity contribution is 0.585. The number of fused-ring (bicyclic) bond motifs is 1. The van der Waals surface area contributed by atoms with Gasteiger partial charge in [0.05, 0.1) is 11.9 Å². The average molecular weight is 227 g/mol. The number of nitrogens with one attached hydrogen (secondary N) is 1. The standard InChI is InChI=1S/C14H17N3/c1-10-4-3-5-11(8-10)17-14-7-6-13(15-2)12(14)9-16-17/h3-5,8-9,13,15H,6-7H2,1-2H3. The van der Waals surface area contributed by atoms with Crippen LogP contribution in [0.4, 0.5) is 0 Å². The number of rotatable bonds is 2. The molecule has 3 nitrogen and oxygen atoms in total. The van der Waals surface area contributed by atoms with Crippen molar-refractivity contribution in [1.82, 2.24) is 15.1 Å². The molecule has 17 heavy (non-hydrogen) atoms. The van der Waals surface area contributed by atoms with Crippen LogP contribution in [0.15, 0.2) is 30.5 Å². The van der Waals surface area contributed by atoms with Crippen molar-refractivity contribution in [3.63, 3.8) is 0 Å². The quantitative estimate of drug-likeness (QED) is 0.853. The normalized spacial score (nSPS) is 18.4. The van der Waals surface area contributed by atoms with Crippen LogP contribution < -0.4 is 5.32 Å². The third kappa shape index (κ3) is 1.67. The zero-order chi connectivity index (χ0) is 11.8. The van der Waals surface area contributed by atoms with Crippen molar-refractivity contribution in [2.24, 2.45) is 0 Å². The summed E-state index contributed by atoms with van der Waals surface area (Å²) < 4.78 is 2.08. The van der Waals surface area contributed by atoms with Gasteiger partial charge in [-0.1, -0.05) is 12.1 Å². The van der Waals surface area contributed by atoms with E-state index in [0.717, 1.165) is 6.42 Å². The van der Waals surface area contributed by atoms with Crippen molar-refractivity contribution in [3.8, 4) is 5.69 Å². The van der Waals surface area contributed by atoms with E-state index in [2.05, 4.69) is 46.3 Å². The second-order valence-electron chi connectivity index (χ2n) is 4.68. The highest BCUT2D eigenvalue weighted by Crippen LogP contribution is 2.31. The second kappa shape index (κ2) is 4.00. The lowest BCUT2D eigenvalue weighted by atomic mass is 10.2. The highest BCUT2D eigenvalue weighted by atomic mass is 15.3. The summed E-state index contributed by atoms with van der Waals surface area (Å²) in [5.41, 5.74) is 5.15. The number of hydrogen-bond acceptors (Lipinski definition) is 2. The Hall–Kier alpha value is -1.61. The maximum Gasteiger partial charge on any atom is 0.0651 e. The first-order valence-corrected chi connectivity index (χ1v) is 6.10. The van der Waals surface area contributed by atoms with Gasteiger partial charge in [-0.2, -0.15) is 5.10 Å². The van der Waals surface area contributed by atoms with Crippen LogP contribution in [0, 0.1) is 6.92 Å². The Morgan fingerprint density at radius 1 is 1.41 bits per heavy atom. The van der Waals surface area contributed by atoms with E-state index in [0.29, 0.717) is 6.04 Å². The molecule has 1 atom stereocenters. The molecule has 0 saturated carbocycles. The second-order valence-corrected chi connectivity index (χ2v) is 4.68. The summed E-state index contributed by atoms with van der Waals surface area (Å²) >= 11 is 0. The molecule has 1 unspecified atom stereocenters. The van der Waals surface area contributed by atoms with Gasteiger partial charge in [0.25, 0.3) is 0 Å². The van der Waals surface area contributed by atoms with E-state index in [4.69, 9.17) is 0 Å². The van der Waals surface area contributed by atoms with E-state index >= 15 is 0 Å². The zero-order valence-electron chi connectivity index (χ0n) is 10.3. The molecular formula is C14H17N3. The van der Waals surface area contributed by atoms with Gasteiger partial charge in [0, 0.05) is 17.3 Å². The van der Waals surface area contributed by atoms with Crippen molar-refractivity contribution in [1.29, 1.82) is 0 Å². The Kier molecular flexibility index (Phi) is 2.48. The monoisotopic (exact) mass is 227 g/mol. The number of hydrogen-bond donors (Lipinski definition) is 1.